The van der Waals surface area contributed by atoms with Crippen LogP contribution < -0.4 is 21.7 Å². The molecule has 3 amide bonds. The van der Waals surface area contributed by atoms with E-state index in [9.17, 15) is 24.3 Å². The first-order valence-electron chi connectivity index (χ1n) is 11.9. The number of aromatic nitrogens is 1. The summed E-state index contributed by atoms with van der Waals surface area (Å²) in [4.78, 5) is 53.3. The first-order valence-corrected chi connectivity index (χ1v) is 11.9. The van der Waals surface area contributed by atoms with E-state index < -0.39 is 47.9 Å². The molecule has 5 atom stereocenters. The van der Waals surface area contributed by atoms with Gasteiger partial charge in [-0.05, 0) is 30.4 Å². The molecule has 192 valence electrons. The Morgan fingerprint density at radius 2 is 1.63 bits per heavy atom. The fourth-order valence-electron chi connectivity index (χ4n) is 3.64. The number of carboxylic acid groups (broad SMARTS) is 1. The van der Waals surface area contributed by atoms with Crippen LogP contribution in [0, 0.1) is 11.8 Å². The van der Waals surface area contributed by atoms with Gasteiger partial charge in [-0.3, -0.25) is 14.4 Å². The summed E-state index contributed by atoms with van der Waals surface area (Å²) in [5, 5.41) is 18.3. The van der Waals surface area contributed by atoms with Crippen molar-refractivity contribution in [1.82, 2.24) is 20.9 Å². The van der Waals surface area contributed by atoms with Gasteiger partial charge in [0, 0.05) is 23.5 Å². The number of H-pyrrole nitrogens is 1. The number of carboxylic acids is 1. The summed E-state index contributed by atoms with van der Waals surface area (Å²) >= 11 is 0. The van der Waals surface area contributed by atoms with Gasteiger partial charge >= 0.3 is 5.97 Å². The van der Waals surface area contributed by atoms with E-state index in [1.807, 2.05) is 31.2 Å². The monoisotopic (exact) mass is 487 g/mol. The highest BCUT2D eigenvalue weighted by Crippen LogP contribution is 2.19. The zero-order valence-corrected chi connectivity index (χ0v) is 20.9. The van der Waals surface area contributed by atoms with Crippen LogP contribution in [0.3, 0.4) is 0 Å². The van der Waals surface area contributed by atoms with Crippen molar-refractivity contribution in [1.29, 1.82) is 0 Å². The minimum atomic E-state index is -1.15. The molecule has 0 spiro atoms. The molecule has 2 aromatic rings. The lowest BCUT2D eigenvalue weighted by molar-refractivity contribution is -0.143. The Balaban J connectivity index is 2.25. The first-order chi connectivity index (χ1) is 16.5. The summed E-state index contributed by atoms with van der Waals surface area (Å²) in [6.07, 6.45) is 2.43. The molecule has 5 unspecified atom stereocenters. The Kier molecular flexibility index (Phi) is 9.82. The van der Waals surface area contributed by atoms with E-state index in [0.717, 1.165) is 16.5 Å². The van der Waals surface area contributed by atoms with Crippen LogP contribution in [0.1, 0.15) is 46.6 Å². The van der Waals surface area contributed by atoms with Crippen LogP contribution in [0.4, 0.5) is 0 Å². The Hall–Kier alpha value is -3.40. The molecule has 0 saturated carbocycles. The molecule has 2 rings (SSSR count). The quantitative estimate of drug-likeness (QED) is 0.264. The molecule has 10 nitrogen and oxygen atoms in total. The van der Waals surface area contributed by atoms with Gasteiger partial charge in [0.25, 0.3) is 0 Å². The van der Waals surface area contributed by atoms with Crippen molar-refractivity contribution in [2.45, 2.75) is 71.6 Å². The molecule has 1 aromatic heterocycles. The van der Waals surface area contributed by atoms with Crippen LogP contribution in [0.2, 0.25) is 0 Å². The summed E-state index contributed by atoms with van der Waals surface area (Å²) in [7, 11) is 0. The summed E-state index contributed by atoms with van der Waals surface area (Å²) < 4.78 is 0. The van der Waals surface area contributed by atoms with E-state index in [4.69, 9.17) is 5.73 Å². The van der Waals surface area contributed by atoms with Crippen LogP contribution in [0.5, 0.6) is 0 Å². The Morgan fingerprint density at radius 3 is 2.23 bits per heavy atom. The zero-order chi connectivity index (χ0) is 26.3. The average Bonchev–Trinajstić information content (AvgIpc) is 3.23. The third-order valence-electron chi connectivity index (χ3n) is 6.28. The second-order valence-corrected chi connectivity index (χ2v) is 9.33. The molecule has 0 radical (unpaired) electrons. The maximum Gasteiger partial charge on any atom is 0.326 e. The SMILES string of the molecule is CCC(C)C(NC(=O)C(Cc1c[nH]c2ccccc12)NC(=O)C(C)NC(=O)C(N)C(C)C)C(=O)O. The Bertz CT molecular complexity index is 1050. The number of amides is 3. The predicted octanol–water partition coefficient (Wildman–Crippen LogP) is 1.30. The second kappa shape index (κ2) is 12.3. The minimum Gasteiger partial charge on any atom is -0.480 e. The van der Waals surface area contributed by atoms with E-state index in [1.165, 1.54) is 6.92 Å². The van der Waals surface area contributed by atoms with Gasteiger partial charge in [0.05, 0.1) is 6.04 Å². The van der Waals surface area contributed by atoms with E-state index in [-0.39, 0.29) is 18.3 Å². The molecular formula is C25H37N5O5. The second-order valence-electron chi connectivity index (χ2n) is 9.33. The molecule has 1 heterocycles. The number of hydrogen-bond donors (Lipinski definition) is 6. The van der Waals surface area contributed by atoms with Crippen LogP contribution in [-0.2, 0) is 25.6 Å². The molecule has 0 bridgehead atoms. The topological polar surface area (TPSA) is 166 Å². The van der Waals surface area contributed by atoms with Gasteiger partial charge in [0.1, 0.15) is 18.1 Å². The maximum atomic E-state index is 13.2. The number of carbonyl (C=O) groups excluding carboxylic acids is 3. The lowest BCUT2D eigenvalue weighted by Crippen LogP contribution is -2.58. The number of nitrogens with one attached hydrogen (secondary N) is 4. The van der Waals surface area contributed by atoms with Gasteiger partial charge in [-0.15, -0.1) is 0 Å². The van der Waals surface area contributed by atoms with Crippen LogP contribution in [0.25, 0.3) is 10.9 Å². The Morgan fingerprint density at radius 1 is 0.971 bits per heavy atom. The number of nitrogens with two attached hydrogens (primary N) is 1. The van der Waals surface area contributed by atoms with E-state index in [0.29, 0.717) is 6.42 Å². The molecule has 0 aliphatic carbocycles. The average molecular weight is 488 g/mol. The molecule has 0 aliphatic heterocycles. The summed E-state index contributed by atoms with van der Waals surface area (Å²) in [5.41, 5.74) is 7.52. The number of aliphatic carboxylic acids is 1. The van der Waals surface area contributed by atoms with Crippen molar-refractivity contribution in [3.8, 4) is 0 Å². The summed E-state index contributed by atoms with van der Waals surface area (Å²) in [6, 6.07) is 3.65. The molecule has 0 aliphatic rings. The molecule has 35 heavy (non-hydrogen) atoms. The smallest absolute Gasteiger partial charge is 0.326 e. The highest BCUT2D eigenvalue weighted by Gasteiger charge is 2.31. The number of fused-ring (bicyclic) bond motifs is 1. The number of para-hydroxylation sites is 1. The van der Waals surface area contributed by atoms with Crippen molar-refractivity contribution >= 4 is 34.6 Å². The molecule has 1 aromatic carbocycles. The molecule has 10 heteroatoms. The normalized spacial score (nSPS) is 15.6. The molecule has 0 saturated heterocycles. The van der Waals surface area contributed by atoms with Crippen molar-refractivity contribution in [3.05, 3.63) is 36.0 Å². The Labute approximate surface area is 205 Å². The fourth-order valence-corrected chi connectivity index (χ4v) is 3.64. The number of aromatic amines is 1. The van der Waals surface area contributed by atoms with Gasteiger partial charge < -0.3 is 31.8 Å². The summed E-state index contributed by atoms with van der Waals surface area (Å²) in [5.74, 6) is -3.23. The van der Waals surface area contributed by atoms with Gasteiger partial charge in [-0.25, -0.2) is 4.79 Å². The van der Waals surface area contributed by atoms with Crippen molar-refractivity contribution < 1.29 is 24.3 Å². The van der Waals surface area contributed by atoms with Gasteiger partial charge in [-0.2, -0.15) is 0 Å². The van der Waals surface area contributed by atoms with Crippen LogP contribution in [-0.4, -0.2) is 57.9 Å². The zero-order valence-electron chi connectivity index (χ0n) is 20.9. The lowest BCUT2D eigenvalue weighted by atomic mass is 9.98. The van der Waals surface area contributed by atoms with Crippen molar-refractivity contribution in [2.24, 2.45) is 17.6 Å². The predicted molar refractivity (Wildman–Crippen MR) is 133 cm³/mol. The van der Waals surface area contributed by atoms with E-state index in [2.05, 4.69) is 20.9 Å². The summed E-state index contributed by atoms with van der Waals surface area (Å²) in [6.45, 7) is 8.67. The van der Waals surface area contributed by atoms with Crippen molar-refractivity contribution in [3.63, 3.8) is 0 Å². The number of rotatable bonds is 12. The largest absolute Gasteiger partial charge is 0.480 e. The minimum absolute atomic E-state index is 0.112. The lowest BCUT2D eigenvalue weighted by Gasteiger charge is -2.26. The highest BCUT2D eigenvalue weighted by molar-refractivity contribution is 5.94. The number of benzene rings is 1. The number of carbonyl (C=O) groups is 4. The first kappa shape index (κ1) is 27.8. The number of hydrogen-bond acceptors (Lipinski definition) is 5. The van der Waals surface area contributed by atoms with Gasteiger partial charge in [-0.1, -0.05) is 52.3 Å². The molecule has 0 fully saturated rings. The van der Waals surface area contributed by atoms with Crippen LogP contribution >= 0.6 is 0 Å². The highest BCUT2D eigenvalue weighted by atomic mass is 16.4. The molecular weight excluding hydrogens is 450 g/mol. The standard InChI is InChI=1S/C25H37N5O5/c1-6-14(4)21(25(34)35)30-23(32)19(11-16-12-27-18-10-8-7-9-17(16)18)29-22(31)15(5)28-24(33)20(26)13(2)3/h7-10,12-15,19-21,27H,6,11,26H2,1-5H3,(H,28,33)(H,29,31)(H,30,32)(H,34,35). The van der Waals surface area contributed by atoms with Crippen molar-refractivity contribution in [2.75, 3.05) is 0 Å². The maximum absolute atomic E-state index is 13.2. The van der Waals surface area contributed by atoms with Gasteiger partial charge in [0.2, 0.25) is 17.7 Å². The molecule has 7 N–H and O–H groups in total. The third-order valence-corrected chi connectivity index (χ3v) is 6.28. The third kappa shape index (κ3) is 7.29. The van der Waals surface area contributed by atoms with E-state index in [1.54, 1.807) is 27.0 Å². The van der Waals surface area contributed by atoms with Crippen LogP contribution in [0.15, 0.2) is 30.5 Å². The van der Waals surface area contributed by atoms with Gasteiger partial charge in [0.15, 0.2) is 0 Å². The van der Waals surface area contributed by atoms with E-state index >= 15 is 0 Å². The fraction of sp³-hybridized carbons (Fsp3) is 0.520.